The Morgan fingerprint density at radius 1 is 1.22 bits per heavy atom. The number of aryl methyl sites for hydroxylation is 2. The van der Waals surface area contributed by atoms with Gasteiger partial charge < -0.3 is 14.6 Å². The predicted octanol–water partition coefficient (Wildman–Crippen LogP) is 3.98. The Kier molecular flexibility index (Phi) is 7.16. The van der Waals surface area contributed by atoms with Crippen LogP contribution in [0.25, 0.3) is 0 Å². The first kappa shape index (κ1) is 20.7. The third-order valence-electron chi connectivity index (χ3n) is 4.47. The minimum absolute atomic E-state index is 0.0949. The molecule has 1 aromatic heterocycles. The van der Waals surface area contributed by atoms with Gasteiger partial charge in [0.05, 0.1) is 5.56 Å². The van der Waals surface area contributed by atoms with Gasteiger partial charge in [-0.05, 0) is 51.0 Å². The molecule has 1 atom stereocenters. The van der Waals surface area contributed by atoms with E-state index in [0.717, 1.165) is 12.0 Å². The standard InChI is InChI=1S/C21H27FN2O3/c1-5-14(2)23-20(25)10-11-24(13-17-6-8-18(22)9-7-17)21(26)19-12-15(3)27-16(19)4/h6-9,12,14H,5,10-11,13H2,1-4H3,(H,23,25)/t14-/m0/s1. The second-order valence-corrected chi connectivity index (χ2v) is 6.81. The van der Waals surface area contributed by atoms with E-state index in [2.05, 4.69) is 5.32 Å². The fourth-order valence-corrected chi connectivity index (χ4v) is 2.76. The number of furan rings is 1. The van der Waals surface area contributed by atoms with Crippen LogP contribution < -0.4 is 5.32 Å². The van der Waals surface area contributed by atoms with E-state index in [0.29, 0.717) is 23.6 Å². The average molecular weight is 374 g/mol. The summed E-state index contributed by atoms with van der Waals surface area (Å²) in [5.41, 5.74) is 1.28. The number of nitrogens with one attached hydrogen (secondary N) is 1. The molecule has 146 valence electrons. The van der Waals surface area contributed by atoms with Gasteiger partial charge in [-0.1, -0.05) is 19.1 Å². The molecule has 0 aliphatic carbocycles. The zero-order valence-electron chi connectivity index (χ0n) is 16.3. The van der Waals surface area contributed by atoms with Gasteiger partial charge in [0.15, 0.2) is 0 Å². The van der Waals surface area contributed by atoms with Crippen LogP contribution >= 0.6 is 0 Å². The second kappa shape index (κ2) is 9.35. The Balaban J connectivity index is 2.14. The molecule has 2 amide bonds. The fourth-order valence-electron chi connectivity index (χ4n) is 2.76. The molecule has 0 saturated heterocycles. The third kappa shape index (κ3) is 5.94. The van der Waals surface area contributed by atoms with E-state index in [1.54, 1.807) is 36.9 Å². The molecule has 6 heteroatoms. The molecule has 2 aromatic rings. The van der Waals surface area contributed by atoms with E-state index in [1.165, 1.54) is 12.1 Å². The maximum atomic E-state index is 13.2. The van der Waals surface area contributed by atoms with Crippen LogP contribution in [0.1, 0.15) is 54.1 Å². The quantitative estimate of drug-likeness (QED) is 0.760. The number of amides is 2. The summed E-state index contributed by atoms with van der Waals surface area (Å²) in [5, 5.41) is 2.91. The molecule has 5 nitrogen and oxygen atoms in total. The molecular formula is C21H27FN2O3. The van der Waals surface area contributed by atoms with Gasteiger partial charge in [-0.2, -0.15) is 0 Å². The Hall–Kier alpha value is -2.63. The van der Waals surface area contributed by atoms with Crippen molar-refractivity contribution in [2.24, 2.45) is 0 Å². The lowest BCUT2D eigenvalue weighted by Gasteiger charge is -2.23. The van der Waals surface area contributed by atoms with Crippen molar-refractivity contribution in [1.82, 2.24) is 10.2 Å². The van der Waals surface area contributed by atoms with Crippen LogP contribution in [0.2, 0.25) is 0 Å². The average Bonchev–Trinajstić information content (AvgIpc) is 2.97. The predicted molar refractivity (Wildman–Crippen MR) is 102 cm³/mol. The molecule has 0 unspecified atom stereocenters. The fraction of sp³-hybridized carbons (Fsp3) is 0.429. The number of hydrogen-bond donors (Lipinski definition) is 1. The largest absolute Gasteiger partial charge is 0.466 e. The number of benzene rings is 1. The lowest BCUT2D eigenvalue weighted by atomic mass is 10.1. The van der Waals surface area contributed by atoms with Gasteiger partial charge in [-0.3, -0.25) is 9.59 Å². The van der Waals surface area contributed by atoms with Crippen LogP contribution in [-0.2, 0) is 11.3 Å². The highest BCUT2D eigenvalue weighted by Crippen LogP contribution is 2.18. The van der Waals surface area contributed by atoms with Crippen LogP contribution in [0.15, 0.2) is 34.7 Å². The van der Waals surface area contributed by atoms with Crippen molar-refractivity contribution in [3.63, 3.8) is 0 Å². The van der Waals surface area contributed by atoms with Gasteiger partial charge in [0.1, 0.15) is 17.3 Å². The van der Waals surface area contributed by atoms with Crippen LogP contribution in [0.5, 0.6) is 0 Å². The Morgan fingerprint density at radius 2 is 1.89 bits per heavy atom. The summed E-state index contributed by atoms with van der Waals surface area (Å²) in [6.07, 6.45) is 1.05. The van der Waals surface area contributed by atoms with Crippen molar-refractivity contribution >= 4 is 11.8 Å². The zero-order valence-corrected chi connectivity index (χ0v) is 16.3. The first-order chi connectivity index (χ1) is 12.8. The normalized spacial score (nSPS) is 11.9. The zero-order chi connectivity index (χ0) is 20.0. The summed E-state index contributed by atoms with van der Waals surface area (Å²) in [6, 6.07) is 7.80. The molecule has 1 N–H and O–H groups in total. The third-order valence-corrected chi connectivity index (χ3v) is 4.47. The van der Waals surface area contributed by atoms with E-state index < -0.39 is 0 Å². The minimum Gasteiger partial charge on any atom is -0.466 e. The highest BCUT2D eigenvalue weighted by molar-refractivity contribution is 5.95. The Labute approximate surface area is 159 Å². The molecule has 0 aliphatic heterocycles. The van der Waals surface area contributed by atoms with E-state index in [1.807, 2.05) is 13.8 Å². The summed E-state index contributed by atoms with van der Waals surface area (Å²) >= 11 is 0. The molecule has 0 saturated carbocycles. The number of halogens is 1. The van der Waals surface area contributed by atoms with Crippen LogP contribution in [0, 0.1) is 19.7 Å². The van der Waals surface area contributed by atoms with E-state index in [-0.39, 0.29) is 36.6 Å². The van der Waals surface area contributed by atoms with Gasteiger partial charge >= 0.3 is 0 Å². The Bertz CT molecular complexity index is 783. The molecule has 0 fully saturated rings. The van der Waals surface area contributed by atoms with Crippen LogP contribution in [0.3, 0.4) is 0 Å². The van der Waals surface area contributed by atoms with Crippen molar-refractivity contribution in [3.05, 3.63) is 58.8 Å². The monoisotopic (exact) mass is 374 g/mol. The van der Waals surface area contributed by atoms with Gasteiger partial charge in [0.2, 0.25) is 5.91 Å². The highest BCUT2D eigenvalue weighted by atomic mass is 19.1. The maximum Gasteiger partial charge on any atom is 0.257 e. The van der Waals surface area contributed by atoms with Crippen molar-refractivity contribution in [3.8, 4) is 0 Å². The summed E-state index contributed by atoms with van der Waals surface area (Å²) in [6.45, 7) is 8.03. The lowest BCUT2D eigenvalue weighted by molar-refractivity contribution is -0.121. The van der Waals surface area contributed by atoms with Crippen molar-refractivity contribution in [2.45, 2.75) is 53.1 Å². The molecule has 1 heterocycles. The summed E-state index contributed by atoms with van der Waals surface area (Å²) < 4.78 is 18.6. The topological polar surface area (TPSA) is 62.6 Å². The van der Waals surface area contributed by atoms with Crippen molar-refractivity contribution < 1.29 is 18.4 Å². The first-order valence-electron chi connectivity index (χ1n) is 9.20. The van der Waals surface area contributed by atoms with Gasteiger partial charge in [-0.25, -0.2) is 4.39 Å². The number of rotatable bonds is 8. The summed E-state index contributed by atoms with van der Waals surface area (Å²) in [7, 11) is 0. The molecule has 0 aliphatic rings. The van der Waals surface area contributed by atoms with Gasteiger partial charge in [0.25, 0.3) is 5.91 Å². The molecule has 0 bridgehead atoms. The smallest absolute Gasteiger partial charge is 0.257 e. The summed E-state index contributed by atoms with van der Waals surface area (Å²) in [4.78, 5) is 26.7. The summed E-state index contributed by atoms with van der Waals surface area (Å²) in [5.74, 6) is 0.579. The molecular weight excluding hydrogens is 347 g/mol. The van der Waals surface area contributed by atoms with Crippen LogP contribution in [-0.4, -0.2) is 29.3 Å². The SMILES string of the molecule is CC[C@H](C)NC(=O)CCN(Cc1ccc(F)cc1)C(=O)c1cc(C)oc1C. The molecule has 0 spiro atoms. The van der Waals surface area contributed by atoms with Crippen molar-refractivity contribution in [1.29, 1.82) is 0 Å². The van der Waals surface area contributed by atoms with E-state index >= 15 is 0 Å². The molecule has 27 heavy (non-hydrogen) atoms. The van der Waals surface area contributed by atoms with E-state index in [4.69, 9.17) is 4.42 Å². The highest BCUT2D eigenvalue weighted by Gasteiger charge is 2.22. The number of nitrogens with zero attached hydrogens (tertiary/aromatic N) is 1. The molecule has 2 rings (SSSR count). The minimum atomic E-state index is -0.328. The number of hydrogen-bond acceptors (Lipinski definition) is 3. The van der Waals surface area contributed by atoms with E-state index in [9.17, 15) is 14.0 Å². The Morgan fingerprint density at radius 3 is 2.44 bits per heavy atom. The lowest BCUT2D eigenvalue weighted by Crippen LogP contribution is -2.37. The molecule has 0 radical (unpaired) electrons. The van der Waals surface area contributed by atoms with Crippen molar-refractivity contribution in [2.75, 3.05) is 6.54 Å². The van der Waals surface area contributed by atoms with Gasteiger partial charge in [0, 0.05) is 25.6 Å². The maximum absolute atomic E-state index is 13.2. The number of carbonyl (C=O) groups is 2. The second-order valence-electron chi connectivity index (χ2n) is 6.81. The first-order valence-corrected chi connectivity index (χ1v) is 9.20. The van der Waals surface area contributed by atoms with Gasteiger partial charge in [-0.15, -0.1) is 0 Å². The number of carbonyl (C=O) groups excluding carboxylic acids is 2. The molecule has 1 aromatic carbocycles. The van der Waals surface area contributed by atoms with Crippen LogP contribution in [0.4, 0.5) is 4.39 Å².